The van der Waals surface area contributed by atoms with Gasteiger partial charge in [-0.1, -0.05) is 30.3 Å². The molecule has 0 aliphatic heterocycles. The minimum atomic E-state index is -0.214. The average Bonchev–Trinajstić information content (AvgIpc) is 3.61. The van der Waals surface area contributed by atoms with Gasteiger partial charge in [-0.05, 0) is 55.7 Å². The van der Waals surface area contributed by atoms with E-state index in [9.17, 15) is 9.59 Å². The summed E-state index contributed by atoms with van der Waals surface area (Å²) in [6, 6.07) is 19.9. The Morgan fingerprint density at radius 2 is 1.77 bits per heavy atom. The maximum Gasteiger partial charge on any atom is 0.252 e. The number of rotatable bonds is 7. The second kappa shape index (κ2) is 8.78. The van der Waals surface area contributed by atoms with E-state index in [1.165, 1.54) is 0 Å². The van der Waals surface area contributed by atoms with Gasteiger partial charge in [0.05, 0.1) is 6.04 Å². The van der Waals surface area contributed by atoms with Crippen LogP contribution in [0.1, 0.15) is 41.7 Å². The highest BCUT2D eigenvalue weighted by atomic mass is 16.5. The van der Waals surface area contributed by atoms with E-state index in [1.54, 1.807) is 18.3 Å². The van der Waals surface area contributed by atoms with Crippen molar-refractivity contribution in [2.45, 2.75) is 25.8 Å². The number of carbonyl (C=O) groups is 2. The standard InChI is InChI=1S/C24H23N3O3/c1-16(17-9-11-20(12-10-17)27-23(28)18-7-8-18)26-24(29)19-13-14-25-22(15-19)30-21-5-3-2-4-6-21/h2-6,9-16,18H,7-8H2,1H3,(H,26,29)(H,27,28)/t16-/m0/s1. The zero-order valence-corrected chi connectivity index (χ0v) is 16.7. The van der Waals surface area contributed by atoms with Gasteiger partial charge in [0.1, 0.15) is 5.75 Å². The Kier molecular flexibility index (Phi) is 5.75. The Hall–Kier alpha value is -3.67. The molecule has 0 spiro atoms. The number of nitrogens with one attached hydrogen (secondary N) is 2. The Balaban J connectivity index is 1.37. The number of hydrogen-bond acceptors (Lipinski definition) is 4. The smallest absolute Gasteiger partial charge is 0.252 e. The summed E-state index contributed by atoms with van der Waals surface area (Å²) in [5.41, 5.74) is 2.18. The molecule has 0 saturated heterocycles. The van der Waals surface area contributed by atoms with Gasteiger partial charge in [0, 0.05) is 29.4 Å². The van der Waals surface area contributed by atoms with Gasteiger partial charge in [-0.25, -0.2) is 4.98 Å². The van der Waals surface area contributed by atoms with Crippen LogP contribution in [0.2, 0.25) is 0 Å². The lowest BCUT2D eigenvalue weighted by Crippen LogP contribution is -2.26. The summed E-state index contributed by atoms with van der Waals surface area (Å²) in [5, 5.41) is 5.90. The van der Waals surface area contributed by atoms with E-state index in [4.69, 9.17) is 4.74 Å². The van der Waals surface area contributed by atoms with E-state index in [0.717, 1.165) is 24.1 Å². The van der Waals surface area contributed by atoms with Gasteiger partial charge in [0.25, 0.3) is 5.91 Å². The monoisotopic (exact) mass is 401 g/mol. The average molecular weight is 401 g/mol. The fourth-order valence-electron chi connectivity index (χ4n) is 3.02. The number of benzene rings is 2. The van der Waals surface area contributed by atoms with Crippen LogP contribution >= 0.6 is 0 Å². The van der Waals surface area contributed by atoms with Crippen molar-refractivity contribution in [1.29, 1.82) is 0 Å². The molecule has 1 heterocycles. The van der Waals surface area contributed by atoms with Crippen LogP contribution in [0.5, 0.6) is 11.6 Å². The molecule has 1 saturated carbocycles. The summed E-state index contributed by atoms with van der Waals surface area (Å²) in [6.07, 6.45) is 3.50. The first-order valence-corrected chi connectivity index (χ1v) is 9.99. The van der Waals surface area contributed by atoms with Crippen LogP contribution in [0, 0.1) is 5.92 Å². The molecule has 1 fully saturated rings. The quantitative estimate of drug-likeness (QED) is 0.601. The second-order valence-corrected chi connectivity index (χ2v) is 7.38. The van der Waals surface area contributed by atoms with Crippen molar-refractivity contribution in [3.05, 3.63) is 84.1 Å². The fourth-order valence-corrected chi connectivity index (χ4v) is 3.02. The molecular formula is C24H23N3O3. The summed E-state index contributed by atoms with van der Waals surface area (Å²) in [6.45, 7) is 1.91. The van der Waals surface area contributed by atoms with Crippen molar-refractivity contribution >= 4 is 17.5 Å². The number of para-hydroxylation sites is 1. The SMILES string of the molecule is C[C@H](NC(=O)c1ccnc(Oc2ccccc2)c1)c1ccc(NC(=O)C2CC2)cc1. The molecule has 0 radical (unpaired) electrons. The van der Waals surface area contributed by atoms with Crippen LogP contribution in [0.3, 0.4) is 0 Å². The molecule has 1 atom stereocenters. The number of aromatic nitrogens is 1. The molecule has 152 valence electrons. The first kappa shape index (κ1) is 19.6. The van der Waals surface area contributed by atoms with E-state index >= 15 is 0 Å². The molecule has 0 bridgehead atoms. The predicted molar refractivity (Wildman–Crippen MR) is 114 cm³/mol. The number of ether oxygens (including phenoxy) is 1. The molecule has 1 aliphatic carbocycles. The zero-order chi connectivity index (χ0) is 20.9. The summed E-state index contributed by atoms with van der Waals surface area (Å²) in [7, 11) is 0. The van der Waals surface area contributed by atoms with Gasteiger partial charge >= 0.3 is 0 Å². The molecule has 0 unspecified atom stereocenters. The van der Waals surface area contributed by atoms with Crippen LogP contribution in [-0.4, -0.2) is 16.8 Å². The van der Waals surface area contributed by atoms with Crippen LogP contribution in [-0.2, 0) is 4.79 Å². The predicted octanol–water partition coefficient (Wildman–Crippen LogP) is 4.71. The van der Waals surface area contributed by atoms with Crippen molar-refractivity contribution in [1.82, 2.24) is 10.3 Å². The number of hydrogen-bond donors (Lipinski definition) is 2. The molecule has 1 aliphatic rings. The summed E-state index contributed by atoms with van der Waals surface area (Å²) < 4.78 is 5.70. The molecule has 30 heavy (non-hydrogen) atoms. The summed E-state index contributed by atoms with van der Waals surface area (Å²) in [4.78, 5) is 28.7. The minimum absolute atomic E-state index is 0.0790. The van der Waals surface area contributed by atoms with Crippen LogP contribution < -0.4 is 15.4 Å². The van der Waals surface area contributed by atoms with E-state index in [-0.39, 0.29) is 23.8 Å². The summed E-state index contributed by atoms with van der Waals surface area (Å²) in [5.74, 6) is 1.05. The van der Waals surface area contributed by atoms with Gasteiger partial charge in [-0.2, -0.15) is 0 Å². The number of carbonyl (C=O) groups excluding carboxylic acids is 2. The molecule has 2 N–H and O–H groups in total. The van der Waals surface area contributed by atoms with Gasteiger partial charge in [-0.15, -0.1) is 0 Å². The third-order valence-electron chi connectivity index (χ3n) is 4.94. The Morgan fingerprint density at radius 3 is 2.47 bits per heavy atom. The molecule has 6 nitrogen and oxygen atoms in total. The van der Waals surface area contributed by atoms with Gasteiger partial charge in [0.15, 0.2) is 0 Å². The Labute approximate surface area is 175 Å². The van der Waals surface area contributed by atoms with E-state index in [0.29, 0.717) is 17.2 Å². The maximum absolute atomic E-state index is 12.7. The van der Waals surface area contributed by atoms with Gasteiger partial charge in [-0.3, -0.25) is 9.59 Å². The highest BCUT2D eigenvalue weighted by Gasteiger charge is 2.29. The third kappa shape index (κ3) is 5.03. The van der Waals surface area contributed by atoms with Crippen molar-refractivity contribution < 1.29 is 14.3 Å². The Bertz CT molecular complexity index is 1030. The molecule has 2 amide bonds. The molecule has 4 rings (SSSR count). The van der Waals surface area contributed by atoms with Crippen LogP contribution in [0.4, 0.5) is 5.69 Å². The number of anilines is 1. The lowest BCUT2D eigenvalue weighted by atomic mass is 10.1. The van der Waals surface area contributed by atoms with Crippen LogP contribution in [0.15, 0.2) is 72.9 Å². The fraction of sp³-hybridized carbons (Fsp3) is 0.208. The Morgan fingerprint density at radius 1 is 1.03 bits per heavy atom. The summed E-state index contributed by atoms with van der Waals surface area (Å²) >= 11 is 0. The largest absolute Gasteiger partial charge is 0.439 e. The second-order valence-electron chi connectivity index (χ2n) is 7.38. The molecule has 2 aromatic carbocycles. The number of nitrogens with zero attached hydrogens (tertiary/aromatic N) is 1. The number of amides is 2. The van der Waals surface area contributed by atoms with Crippen LogP contribution in [0.25, 0.3) is 0 Å². The number of pyridine rings is 1. The first-order valence-electron chi connectivity index (χ1n) is 9.99. The van der Waals surface area contributed by atoms with Gasteiger partial charge in [0.2, 0.25) is 11.8 Å². The van der Waals surface area contributed by atoms with Crippen molar-refractivity contribution in [2.24, 2.45) is 5.92 Å². The molecule has 3 aromatic rings. The van der Waals surface area contributed by atoms with E-state index < -0.39 is 0 Å². The van der Waals surface area contributed by atoms with E-state index in [2.05, 4.69) is 15.6 Å². The van der Waals surface area contributed by atoms with E-state index in [1.807, 2.05) is 61.5 Å². The molecule has 1 aromatic heterocycles. The van der Waals surface area contributed by atoms with Crippen molar-refractivity contribution in [3.63, 3.8) is 0 Å². The highest BCUT2D eigenvalue weighted by molar-refractivity contribution is 5.95. The van der Waals surface area contributed by atoms with Crippen molar-refractivity contribution in [3.8, 4) is 11.6 Å². The maximum atomic E-state index is 12.7. The lowest BCUT2D eigenvalue weighted by Gasteiger charge is -2.15. The van der Waals surface area contributed by atoms with Gasteiger partial charge < -0.3 is 15.4 Å². The minimum Gasteiger partial charge on any atom is -0.439 e. The normalized spacial score (nSPS) is 13.9. The zero-order valence-electron chi connectivity index (χ0n) is 16.7. The lowest BCUT2D eigenvalue weighted by molar-refractivity contribution is -0.117. The molecular weight excluding hydrogens is 378 g/mol. The van der Waals surface area contributed by atoms with Crippen molar-refractivity contribution in [2.75, 3.05) is 5.32 Å². The molecule has 6 heteroatoms. The third-order valence-corrected chi connectivity index (χ3v) is 4.94. The topological polar surface area (TPSA) is 80.3 Å². The highest BCUT2D eigenvalue weighted by Crippen LogP contribution is 2.30. The first-order chi connectivity index (χ1) is 14.6.